The summed E-state index contributed by atoms with van der Waals surface area (Å²) in [6.45, 7) is 5.73. The van der Waals surface area contributed by atoms with Crippen molar-refractivity contribution < 1.29 is 15.0 Å². The summed E-state index contributed by atoms with van der Waals surface area (Å²) >= 11 is 0. The molecule has 1 atom stereocenters. The molecule has 0 radical (unpaired) electrons. The lowest BCUT2D eigenvalue weighted by molar-refractivity contribution is -0.123. The minimum atomic E-state index is -0.542. The Balaban J connectivity index is 2.54. The number of carbonyl (C=O) groups is 1. The summed E-state index contributed by atoms with van der Waals surface area (Å²) in [6.07, 6.45) is -0.153. The number of aliphatic hydroxyl groups is 1. The molecule has 5 nitrogen and oxygen atoms in total. The number of anilines is 1. The minimum Gasteiger partial charge on any atom is -0.508 e. The zero-order valence-corrected chi connectivity index (χ0v) is 11.6. The van der Waals surface area contributed by atoms with E-state index in [0.717, 1.165) is 0 Å². The van der Waals surface area contributed by atoms with Gasteiger partial charge in [-0.25, -0.2) is 0 Å². The molecule has 1 rings (SSSR count). The summed E-state index contributed by atoms with van der Waals surface area (Å²) in [5.74, 6) is 0.0562. The predicted molar refractivity (Wildman–Crippen MR) is 74.8 cm³/mol. The van der Waals surface area contributed by atoms with E-state index in [0.29, 0.717) is 12.1 Å². The second kappa shape index (κ2) is 6.43. The van der Waals surface area contributed by atoms with Crippen LogP contribution >= 0.6 is 0 Å². The summed E-state index contributed by atoms with van der Waals surface area (Å²) in [4.78, 5) is 11.8. The van der Waals surface area contributed by atoms with Crippen LogP contribution < -0.4 is 10.6 Å². The Morgan fingerprint density at radius 3 is 2.32 bits per heavy atom. The van der Waals surface area contributed by atoms with E-state index in [1.807, 2.05) is 20.8 Å². The number of nitrogens with one attached hydrogen (secondary N) is 2. The van der Waals surface area contributed by atoms with Gasteiger partial charge in [-0.2, -0.15) is 0 Å². The molecule has 0 heterocycles. The number of aliphatic hydroxyl groups excluding tert-OH is 1. The lowest BCUT2D eigenvalue weighted by atomic mass is 9.92. The second-order valence-corrected chi connectivity index (χ2v) is 5.73. The molecule has 106 valence electrons. The Kier molecular flexibility index (Phi) is 5.18. The van der Waals surface area contributed by atoms with E-state index < -0.39 is 6.17 Å². The van der Waals surface area contributed by atoms with Crippen molar-refractivity contribution >= 4 is 11.6 Å². The first-order chi connectivity index (χ1) is 8.80. The van der Waals surface area contributed by atoms with Crippen LogP contribution in [0.1, 0.15) is 27.2 Å². The average Bonchev–Trinajstić information content (AvgIpc) is 2.28. The van der Waals surface area contributed by atoms with Crippen LogP contribution in [0.2, 0.25) is 0 Å². The first-order valence-corrected chi connectivity index (χ1v) is 6.26. The Labute approximate surface area is 113 Å². The largest absolute Gasteiger partial charge is 0.508 e. The normalized spacial score (nSPS) is 12.8. The van der Waals surface area contributed by atoms with Crippen LogP contribution in [-0.4, -0.2) is 28.9 Å². The van der Waals surface area contributed by atoms with Gasteiger partial charge in [0.05, 0.1) is 6.61 Å². The number of carbonyl (C=O) groups excluding carboxylic acids is 1. The zero-order valence-electron chi connectivity index (χ0n) is 11.6. The topological polar surface area (TPSA) is 81.6 Å². The van der Waals surface area contributed by atoms with Crippen molar-refractivity contribution in [1.29, 1.82) is 0 Å². The molecule has 0 bridgehead atoms. The van der Waals surface area contributed by atoms with Gasteiger partial charge in [-0.05, 0) is 29.7 Å². The van der Waals surface area contributed by atoms with Gasteiger partial charge in [-0.1, -0.05) is 20.8 Å². The molecule has 1 amide bonds. The third-order valence-electron chi connectivity index (χ3n) is 2.42. The van der Waals surface area contributed by atoms with Gasteiger partial charge in [0.1, 0.15) is 11.9 Å². The molecule has 1 aromatic carbocycles. The Hall–Kier alpha value is -1.75. The van der Waals surface area contributed by atoms with Gasteiger partial charge in [0.25, 0.3) is 0 Å². The third kappa shape index (κ3) is 6.10. The van der Waals surface area contributed by atoms with Gasteiger partial charge in [-0.3, -0.25) is 4.79 Å². The van der Waals surface area contributed by atoms with Crippen molar-refractivity contribution in [2.45, 2.75) is 33.4 Å². The highest BCUT2D eigenvalue weighted by Crippen LogP contribution is 2.18. The molecule has 0 aliphatic heterocycles. The summed E-state index contributed by atoms with van der Waals surface area (Å²) in [6, 6.07) is 6.42. The van der Waals surface area contributed by atoms with Gasteiger partial charge in [-0.15, -0.1) is 0 Å². The molecular formula is C14H22N2O3. The maximum absolute atomic E-state index is 11.8. The van der Waals surface area contributed by atoms with Crippen molar-refractivity contribution in [2.75, 3.05) is 11.9 Å². The number of phenols is 1. The fraction of sp³-hybridized carbons (Fsp3) is 0.500. The minimum absolute atomic E-state index is 0.0946. The predicted octanol–water partition coefficient (Wildman–Crippen LogP) is 1.67. The van der Waals surface area contributed by atoms with Gasteiger partial charge < -0.3 is 20.8 Å². The van der Waals surface area contributed by atoms with E-state index in [4.69, 9.17) is 0 Å². The summed E-state index contributed by atoms with van der Waals surface area (Å²) in [7, 11) is 0. The summed E-state index contributed by atoms with van der Waals surface area (Å²) < 4.78 is 0. The van der Waals surface area contributed by atoms with Crippen molar-refractivity contribution in [3.05, 3.63) is 24.3 Å². The Bertz CT molecular complexity index is 410. The monoisotopic (exact) mass is 266 g/mol. The average molecular weight is 266 g/mol. The smallest absolute Gasteiger partial charge is 0.222 e. The standard InChI is InChI=1S/C14H22N2O3/c1-14(2,3)8-13(19)16-12(9-17)15-10-4-6-11(18)7-5-10/h4-7,12,15,17-18H,8-9H2,1-3H3,(H,16,19). The van der Waals surface area contributed by atoms with Crippen LogP contribution in [0.3, 0.4) is 0 Å². The van der Waals surface area contributed by atoms with E-state index in [1.165, 1.54) is 12.1 Å². The zero-order chi connectivity index (χ0) is 14.5. The van der Waals surface area contributed by atoms with E-state index in [1.54, 1.807) is 12.1 Å². The fourth-order valence-corrected chi connectivity index (χ4v) is 1.61. The van der Waals surface area contributed by atoms with Crippen molar-refractivity contribution in [3.8, 4) is 5.75 Å². The van der Waals surface area contributed by atoms with Crippen LogP contribution in [0.5, 0.6) is 5.75 Å². The molecule has 0 aliphatic rings. The number of rotatable bonds is 5. The molecular weight excluding hydrogens is 244 g/mol. The highest BCUT2D eigenvalue weighted by molar-refractivity contribution is 5.77. The van der Waals surface area contributed by atoms with Crippen molar-refractivity contribution in [1.82, 2.24) is 5.32 Å². The lowest BCUT2D eigenvalue weighted by Crippen LogP contribution is -2.44. The number of aromatic hydroxyl groups is 1. The number of benzene rings is 1. The summed E-state index contributed by atoms with van der Waals surface area (Å²) in [5, 5.41) is 24.1. The Morgan fingerprint density at radius 1 is 1.26 bits per heavy atom. The molecule has 0 aromatic heterocycles. The molecule has 0 fully saturated rings. The molecule has 1 unspecified atom stereocenters. The van der Waals surface area contributed by atoms with Crippen LogP contribution in [0, 0.1) is 5.41 Å². The van der Waals surface area contributed by atoms with E-state index in [9.17, 15) is 15.0 Å². The van der Waals surface area contributed by atoms with Crippen molar-refractivity contribution in [2.24, 2.45) is 5.41 Å². The van der Waals surface area contributed by atoms with Gasteiger partial charge in [0, 0.05) is 12.1 Å². The molecule has 0 saturated heterocycles. The summed E-state index contributed by atoms with van der Waals surface area (Å²) in [5.41, 5.74) is 0.621. The highest BCUT2D eigenvalue weighted by atomic mass is 16.3. The lowest BCUT2D eigenvalue weighted by Gasteiger charge is -2.22. The molecule has 0 spiro atoms. The molecule has 0 saturated carbocycles. The van der Waals surface area contributed by atoms with Gasteiger partial charge in [0.2, 0.25) is 5.91 Å². The molecule has 4 N–H and O–H groups in total. The first kappa shape index (κ1) is 15.3. The van der Waals surface area contributed by atoms with Crippen molar-refractivity contribution in [3.63, 3.8) is 0 Å². The number of hydrogen-bond donors (Lipinski definition) is 4. The van der Waals surface area contributed by atoms with Crippen LogP contribution in [0.4, 0.5) is 5.69 Å². The fourth-order valence-electron chi connectivity index (χ4n) is 1.61. The number of phenolic OH excluding ortho intramolecular Hbond substituents is 1. The van der Waals surface area contributed by atoms with E-state index >= 15 is 0 Å². The molecule has 5 heteroatoms. The van der Waals surface area contributed by atoms with Gasteiger partial charge >= 0.3 is 0 Å². The van der Waals surface area contributed by atoms with E-state index in [2.05, 4.69) is 10.6 Å². The first-order valence-electron chi connectivity index (χ1n) is 6.26. The van der Waals surface area contributed by atoms with E-state index in [-0.39, 0.29) is 23.7 Å². The van der Waals surface area contributed by atoms with Crippen LogP contribution in [0.25, 0.3) is 0 Å². The third-order valence-corrected chi connectivity index (χ3v) is 2.42. The highest BCUT2D eigenvalue weighted by Gasteiger charge is 2.18. The second-order valence-electron chi connectivity index (χ2n) is 5.73. The molecule has 1 aromatic rings. The number of hydrogen-bond acceptors (Lipinski definition) is 4. The molecule has 19 heavy (non-hydrogen) atoms. The van der Waals surface area contributed by atoms with Crippen LogP contribution in [0.15, 0.2) is 24.3 Å². The van der Waals surface area contributed by atoms with Crippen LogP contribution in [-0.2, 0) is 4.79 Å². The molecule has 0 aliphatic carbocycles. The SMILES string of the molecule is CC(C)(C)CC(=O)NC(CO)Nc1ccc(O)cc1. The maximum Gasteiger partial charge on any atom is 0.222 e. The van der Waals surface area contributed by atoms with Gasteiger partial charge in [0.15, 0.2) is 0 Å². The maximum atomic E-state index is 11.8. The Morgan fingerprint density at radius 2 is 1.84 bits per heavy atom. The quantitative estimate of drug-likeness (QED) is 0.483. The number of amides is 1.